The second kappa shape index (κ2) is 7.53. The number of hydrogen-bond acceptors (Lipinski definition) is 4. The number of ether oxygens (including phenoxy) is 1. The van der Waals surface area contributed by atoms with E-state index >= 15 is 0 Å². The zero-order valence-electron chi connectivity index (χ0n) is 16.1. The Balaban J connectivity index is 1.74. The summed E-state index contributed by atoms with van der Waals surface area (Å²) in [6.45, 7) is 7.99. The number of aromatic nitrogens is 3. The second-order valence-corrected chi connectivity index (χ2v) is 7.02. The molecular formula is C21H22ClN3O2. The highest BCUT2D eigenvalue weighted by molar-refractivity contribution is 6.30. The molecule has 3 rings (SSSR count). The van der Waals surface area contributed by atoms with Gasteiger partial charge in [0, 0.05) is 35.3 Å². The number of carbonyl (C=O) groups is 1. The molecule has 27 heavy (non-hydrogen) atoms. The Morgan fingerprint density at radius 2 is 2.00 bits per heavy atom. The van der Waals surface area contributed by atoms with Crippen LogP contribution in [0.5, 0.6) is 0 Å². The minimum atomic E-state index is -0.436. The number of pyridine rings is 1. The van der Waals surface area contributed by atoms with Crippen LogP contribution in [0.4, 0.5) is 0 Å². The molecule has 2 aromatic heterocycles. The van der Waals surface area contributed by atoms with E-state index in [2.05, 4.69) is 10.1 Å². The smallest absolute Gasteiger partial charge is 0.331 e. The maximum atomic E-state index is 12.1. The van der Waals surface area contributed by atoms with Gasteiger partial charge >= 0.3 is 5.97 Å². The summed E-state index contributed by atoms with van der Waals surface area (Å²) < 4.78 is 7.12. The number of halogens is 1. The molecule has 0 atom stereocenters. The first-order valence-electron chi connectivity index (χ1n) is 8.68. The first kappa shape index (κ1) is 19.1. The van der Waals surface area contributed by atoms with Crippen LogP contribution >= 0.6 is 11.6 Å². The fourth-order valence-corrected chi connectivity index (χ4v) is 3.18. The number of benzene rings is 1. The maximum Gasteiger partial charge on any atom is 0.331 e. The standard InChI is InChI=1S/C21H22ClN3O2/c1-12-6-7-16-10-17(21(22)23-20(16)13(12)2)11-27-19(26)9-8-18-14(3)24-25(5)15(18)4/h6-10H,11H2,1-5H3/b9-8+. The van der Waals surface area contributed by atoms with E-state index in [4.69, 9.17) is 16.3 Å². The van der Waals surface area contributed by atoms with Gasteiger partial charge in [-0.05, 0) is 51.0 Å². The molecule has 5 nitrogen and oxygen atoms in total. The Hall–Kier alpha value is -2.66. The van der Waals surface area contributed by atoms with Gasteiger partial charge in [0.1, 0.15) is 11.8 Å². The topological polar surface area (TPSA) is 57.0 Å². The number of fused-ring (bicyclic) bond motifs is 1. The van der Waals surface area contributed by atoms with Crippen molar-refractivity contribution in [3.05, 3.63) is 63.1 Å². The Bertz CT molecular complexity index is 1070. The molecule has 2 heterocycles. The van der Waals surface area contributed by atoms with Crippen LogP contribution in [0.1, 0.15) is 33.6 Å². The molecule has 0 aliphatic heterocycles. The molecule has 0 spiro atoms. The van der Waals surface area contributed by atoms with E-state index in [1.165, 1.54) is 6.08 Å². The number of aryl methyl sites for hydroxylation is 4. The summed E-state index contributed by atoms with van der Waals surface area (Å²) in [4.78, 5) is 16.6. The van der Waals surface area contributed by atoms with Crippen LogP contribution in [0.3, 0.4) is 0 Å². The minimum Gasteiger partial charge on any atom is -0.458 e. The van der Waals surface area contributed by atoms with Crippen LogP contribution < -0.4 is 0 Å². The molecule has 1 aromatic carbocycles. The molecule has 0 N–H and O–H groups in total. The van der Waals surface area contributed by atoms with Gasteiger partial charge in [0.25, 0.3) is 0 Å². The molecule has 0 aliphatic carbocycles. The lowest BCUT2D eigenvalue weighted by Gasteiger charge is -2.09. The molecule has 0 saturated carbocycles. The van der Waals surface area contributed by atoms with Gasteiger partial charge < -0.3 is 4.74 Å². The van der Waals surface area contributed by atoms with Gasteiger partial charge in [0.15, 0.2) is 0 Å². The second-order valence-electron chi connectivity index (χ2n) is 6.67. The highest BCUT2D eigenvalue weighted by atomic mass is 35.5. The first-order chi connectivity index (χ1) is 12.8. The molecule has 6 heteroatoms. The largest absolute Gasteiger partial charge is 0.458 e. The summed E-state index contributed by atoms with van der Waals surface area (Å²) in [6.07, 6.45) is 3.14. The van der Waals surface area contributed by atoms with Gasteiger partial charge in [-0.1, -0.05) is 23.7 Å². The molecule has 140 valence electrons. The van der Waals surface area contributed by atoms with E-state index < -0.39 is 5.97 Å². The summed E-state index contributed by atoms with van der Waals surface area (Å²) in [7, 11) is 1.87. The maximum absolute atomic E-state index is 12.1. The van der Waals surface area contributed by atoms with Crippen LogP contribution in [-0.2, 0) is 23.2 Å². The van der Waals surface area contributed by atoms with Gasteiger partial charge in [0.05, 0.1) is 11.2 Å². The van der Waals surface area contributed by atoms with Gasteiger partial charge in [-0.2, -0.15) is 5.10 Å². The van der Waals surface area contributed by atoms with Gasteiger partial charge in [0.2, 0.25) is 0 Å². The highest BCUT2D eigenvalue weighted by Gasteiger charge is 2.11. The fourth-order valence-electron chi connectivity index (χ4n) is 2.98. The third-order valence-corrected chi connectivity index (χ3v) is 5.19. The quantitative estimate of drug-likeness (QED) is 0.375. The van der Waals surface area contributed by atoms with Crippen molar-refractivity contribution in [2.75, 3.05) is 0 Å². The van der Waals surface area contributed by atoms with Crippen LogP contribution in [-0.4, -0.2) is 20.7 Å². The lowest BCUT2D eigenvalue weighted by atomic mass is 10.0. The lowest BCUT2D eigenvalue weighted by molar-refractivity contribution is -0.138. The van der Waals surface area contributed by atoms with Crippen molar-refractivity contribution in [3.8, 4) is 0 Å². The fraction of sp³-hybridized carbons (Fsp3) is 0.286. The molecule has 0 radical (unpaired) electrons. The Morgan fingerprint density at radius 3 is 2.67 bits per heavy atom. The molecular weight excluding hydrogens is 362 g/mol. The average molecular weight is 384 g/mol. The van der Waals surface area contributed by atoms with Crippen molar-refractivity contribution < 1.29 is 9.53 Å². The van der Waals surface area contributed by atoms with Crippen LogP contribution in [0.15, 0.2) is 24.3 Å². The Kier molecular flexibility index (Phi) is 5.33. The van der Waals surface area contributed by atoms with E-state index in [9.17, 15) is 4.79 Å². The van der Waals surface area contributed by atoms with Crippen molar-refractivity contribution in [1.29, 1.82) is 0 Å². The third-order valence-electron chi connectivity index (χ3n) is 4.86. The van der Waals surface area contributed by atoms with Crippen molar-refractivity contribution in [1.82, 2.24) is 14.8 Å². The Labute approximate surface area is 163 Å². The SMILES string of the molecule is Cc1ccc2cc(COC(=O)/C=C/c3c(C)nn(C)c3C)c(Cl)nc2c1C. The first-order valence-corrected chi connectivity index (χ1v) is 9.06. The molecule has 0 amide bonds. The molecule has 0 aliphatic rings. The van der Waals surface area contributed by atoms with Crippen LogP contribution in [0, 0.1) is 27.7 Å². The van der Waals surface area contributed by atoms with E-state index in [1.807, 2.05) is 52.9 Å². The molecule has 0 bridgehead atoms. The molecule has 0 unspecified atom stereocenters. The minimum absolute atomic E-state index is 0.0723. The zero-order valence-corrected chi connectivity index (χ0v) is 16.9. The number of nitrogens with zero attached hydrogens (tertiary/aromatic N) is 3. The Morgan fingerprint density at radius 1 is 1.26 bits per heavy atom. The average Bonchev–Trinajstić information content (AvgIpc) is 2.87. The summed E-state index contributed by atoms with van der Waals surface area (Å²) in [5.41, 5.74) is 6.60. The van der Waals surface area contributed by atoms with Gasteiger partial charge in [-0.15, -0.1) is 0 Å². The van der Waals surface area contributed by atoms with Gasteiger partial charge in [-0.25, -0.2) is 9.78 Å². The molecule has 0 fully saturated rings. The number of esters is 1. The summed E-state index contributed by atoms with van der Waals surface area (Å²) >= 11 is 6.30. The van der Waals surface area contributed by atoms with Crippen molar-refractivity contribution in [2.24, 2.45) is 7.05 Å². The number of hydrogen-bond donors (Lipinski definition) is 0. The lowest BCUT2D eigenvalue weighted by Crippen LogP contribution is -2.02. The number of carbonyl (C=O) groups excluding carboxylic acids is 1. The van der Waals surface area contributed by atoms with E-state index in [0.717, 1.165) is 39.0 Å². The normalized spacial score (nSPS) is 11.5. The van der Waals surface area contributed by atoms with Crippen LogP contribution in [0.25, 0.3) is 17.0 Å². The predicted octanol–water partition coefficient (Wildman–Crippen LogP) is 4.61. The summed E-state index contributed by atoms with van der Waals surface area (Å²) in [5.74, 6) is -0.436. The third kappa shape index (κ3) is 3.88. The van der Waals surface area contributed by atoms with Crippen LogP contribution in [0.2, 0.25) is 5.15 Å². The predicted molar refractivity (Wildman–Crippen MR) is 108 cm³/mol. The summed E-state index contributed by atoms with van der Waals surface area (Å²) in [5, 5.41) is 5.65. The van der Waals surface area contributed by atoms with E-state index in [0.29, 0.717) is 10.7 Å². The van der Waals surface area contributed by atoms with Crippen molar-refractivity contribution in [3.63, 3.8) is 0 Å². The molecule has 3 aromatic rings. The van der Waals surface area contributed by atoms with Crippen molar-refractivity contribution in [2.45, 2.75) is 34.3 Å². The van der Waals surface area contributed by atoms with E-state index in [-0.39, 0.29) is 6.61 Å². The monoisotopic (exact) mass is 383 g/mol. The van der Waals surface area contributed by atoms with E-state index in [1.54, 1.807) is 10.8 Å². The van der Waals surface area contributed by atoms with Gasteiger partial charge in [-0.3, -0.25) is 4.68 Å². The van der Waals surface area contributed by atoms with Crippen molar-refractivity contribution >= 4 is 34.5 Å². The summed E-state index contributed by atoms with van der Waals surface area (Å²) in [6, 6.07) is 5.97. The molecule has 0 saturated heterocycles. The number of rotatable bonds is 4. The highest BCUT2D eigenvalue weighted by Crippen LogP contribution is 2.25. The zero-order chi connectivity index (χ0) is 19.7.